The molecule has 0 aromatic carbocycles. The average molecular weight is 398 g/mol. The van der Waals surface area contributed by atoms with Crippen molar-refractivity contribution in [2.75, 3.05) is 12.5 Å². The van der Waals surface area contributed by atoms with Gasteiger partial charge in [0.05, 0.1) is 0 Å². The van der Waals surface area contributed by atoms with Crippen LogP contribution in [0.25, 0.3) is 0 Å². The van der Waals surface area contributed by atoms with Gasteiger partial charge in [-0.2, -0.15) is 9.06 Å². The van der Waals surface area contributed by atoms with Gasteiger partial charge < -0.3 is 0 Å². The molecule has 1 rings (SSSR count). The van der Waals surface area contributed by atoms with Crippen LogP contribution in [-0.4, -0.2) is 22.2 Å². The average Bonchev–Trinajstić information content (AvgIpc) is 2.44. The highest BCUT2D eigenvalue weighted by molar-refractivity contribution is 8.87. The molecular weight excluding hydrogens is 354 g/mol. The standard InChI is InChI=1S/C23H43NS2/c1-12-20(2,3)16-22(6,7)19-14-13-18(15-24-19)21(4,5)17-23(8,9)26(10,11)25/h13-15,25H,12,16-17H2,1-11H3. The first-order valence-corrected chi connectivity index (χ1v) is 13.4. The van der Waals surface area contributed by atoms with Gasteiger partial charge >= 0.3 is 0 Å². The third-order valence-corrected chi connectivity index (χ3v) is 10.7. The molecule has 0 saturated carbocycles. The van der Waals surface area contributed by atoms with Gasteiger partial charge in [-0.05, 0) is 47.8 Å². The fraction of sp³-hybridized carbons (Fsp3) is 0.783. The van der Waals surface area contributed by atoms with Crippen molar-refractivity contribution in [1.29, 1.82) is 0 Å². The molecule has 0 fully saturated rings. The largest absolute Gasteiger partial charge is 0.260 e. The number of pyridine rings is 1. The summed E-state index contributed by atoms with van der Waals surface area (Å²) >= 11 is 4.93. The molecule has 0 spiro atoms. The molecule has 0 amide bonds. The van der Waals surface area contributed by atoms with Gasteiger partial charge in [0.15, 0.2) is 0 Å². The summed E-state index contributed by atoms with van der Waals surface area (Å²) in [4.78, 5) is 4.92. The lowest BCUT2D eigenvalue weighted by molar-refractivity contribution is 0.244. The van der Waals surface area contributed by atoms with Crippen LogP contribution < -0.4 is 0 Å². The highest BCUT2D eigenvalue weighted by Gasteiger charge is 2.37. The molecule has 1 nitrogen and oxygen atoms in total. The Kier molecular flexibility index (Phi) is 7.07. The minimum absolute atomic E-state index is 0.0921. The third-order valence-electron chi connectivity index (χ3n) is 6.34. The van der Waals surface area contributed by atoms with E-state index in [0.29, 0.717) is 5.41 Å². The lowest BCUT2D eigenvalue weighted by Gasteiger charge is -2.47. The van der Waals surface area contributed by atoms with Crippen molar-refractivity contribution in [3.05, 3.63) is 29.6 Å². The summed E-state index contributed by atoms with van der Waals surface area (Å²) in [5.74, 6) is 0. The molecular formula is C23H43NS2. The maximum Gasteiger partial charge on any atom is 0.0460 e. The van der Waals surface area contributed by atoms with Crippen molar-refractivity contribution >= 4 is 20.7 Å². The molecule has 1 aromatic heterocycles. The summed E-state index contributed by atoms with van der Waals surface area (Å²) in [5, 5.41) is 0. The highest BCUT2D eigenvalue weighted by Crippen LogP contribution is 2.60. The van der Waals surface area contributed by atoms with Gasteiger partial charge in [-0.3, -0.25) is 4.98 Å². The van der Waals surface area contributed by atoms with Gasteiger partial charge in [0.25, 0.3) is 0 Å². The lowest BCUT2D eigenvalue weighted by Crippen LogP contribution is -2.34. The van der Waals surface area contributed by atoms with Crippen molar-refractivity contribution in [3.63, 3.8) is 0 Å². The summed E-state index contributed by atoms with van der Waals surface area (Å²) in [6.07, 6.45) is 10.2. The zero-order valence-electron chi connectivity index (χ0n) is 19.2. The van der Waals surface area contributed by atoms with Gasteiger partial charge in [-0.25, -0.2) is 0 Å². The van der Waals surface area contributed by atoms with E-state index < -0.39 is 9.06 Å². The second-order valence-electron chi connectivity index (χ2n) is 11.1. The van der Waals surface area contributed by atoms with Crippen molar-refractivity contribution < 1.29 is 0 Å². The van der Waals surface area contributed by atoms with Crippen LogP contribution in [0.4, 0.5) is 0 Å². The van der Waals surface area contributed by atoms with Gasteiger partial charge in [0, 0.05) is 22.1 Å². The Morgan fingerprint density at radius 1 is 0.885 bits per heavy atom. The Morgan fingerprint density at radius 2 is 1.42 bits per heavy atom. The van der Waals surface area contributed by atoms with E-state index in [2.05, 4.69) is 93.2 Å². The van der Waals surface area contributed by atoms with E-state index in [1.807, 2.05) is 0 Å². The molecule has 0 N–H and O–H groups in total. The molecule has 0 saturated heterocycles. The molecule has 0 aliphatic heterocycles. The fourth-order valence-corrected chi connectivity index (χ4v) is 4.86. The molecule has 152 valence electrons. The van der Waals surface area contributed by atoms with E-state index in [0.717, 1.165) is 12.8 Å². The molecule has 0 bridgehead atoms. The maximum atomic E-state index is 4.93. The number of aromatic nitrogens is 1. The molecule has 0 atom stereocenters. The normalized spacial score (nSPS) is 15.2. The van der Waals surface area contributed by atoms with Gasteiger partial charge in [0.2, 0.25) is 0 Å². The quantitative estimate of drug-likeness (QED) is 0.353. The zero-order chi connectivity index (χ0) is 20.6. The number of thiol groups is 1. The first kappa shape index (κ1) is 23.9. The van der Waals surface area contributed by atoms with Crippen LogP contribution in [0, 0.1) is 5.41 Å². The van der Waals surface area contributed by atoms with E-state index >= 15 is 0 Å². The van der Waals surface area contributed by atoms with Crippen LogP contribution in [0.15, 0.2) is 18.3 Å². The van der Waals surface area contributed by atoms with Crippen molar-refractivity contribution in [3.8, 4) is 0 Å². The second-order valence-corrected chi connectivity index (χ2v) is 17.5. The maximum absolute atomic E-state index is 4.93. The minimum atomic E-state index is -0.924. The molecule has 0 radical (unpaired) electrons. The van der Waals surface area contributed by atoms with E-state index in [4.69, 9.17) is 16.6 Å². The summed E-state index contributed by atoms with van der Waals surface area (Å²) < 4.78 is 0.211. The van der Waals surface area contributed by atoms with Crippen LogP contribution in [0.1, 0.15) is 92.8 Å². The molecule has 0 aliphatic rings. The third kappa shape index (κ3) is 5.92. The van der Waals surface area contributed by atoms with Crippen LogP contribution >= 0.6 is 20.7 Å². The summed E-state index contributed by atoms with van der Waals surface area (Å²) in [5.41, 5.74) is 3.07. The smallest absolute Gasteiger partial charge is 0.0460 e. The van der Waals surface area contributed by atoms with E-state index in [1.54, 1.807) is 0 Å². The summed E-state index contributed by atoms with van der Waals surface area (Å²) in [6.45, 7) is 21.0. The molecule has 26 heavy (non-hydrogen) atoms. The lowest BCUT2D eigenvalue weighted by atomic mass is 9.71. The van der Waals surface area contributed by atoms with Crippen LogP contribution in [0.5, 0.6) is 0 Å². The van der Waals surface area contributed by atoms with E-state index in [-0.39, 0.29) is 15.6 Å². The number of hydrogen-bond acceptors (Lipinski definition) is 2. The zero-order valence-corrected chi connectivity index (χ0v) is 20.9. The van der Waals surface area contributed by atoms with Crippen LogP contribution in [0.2, 0.25) is 0 Å². The Balaban J connectivity index is 3.06. The molecule has 1 aromatic rings. The fourth-order valence-electron chi connectivity index (χ4n) is 3.95. The van der Waals surface area contributed by atoms with E-state index in [9.17, 15) is 0 Å². The van der Waals surface area contributed by atoms with Crippen LogP contribution in [-0.2, 0) is 10.8 Å². The first-order valence-electron chi connectivity index (χ1n) is 9.86. The molecule has 0 unspecified atom stereocenters. The number of rotatable bonds is 8. The van der Waals surface area contributed by atoms with Gasteiger partial charge in [-0.15, -0.1) is 11.7 Å². The number of hydrogen-bond donors (Lipinski definition) is 1. The van der Waals surface area contributed by atoms with Gasteiger partial charge in [0.1, 0.15) is 0 Å². The first-order chi connectivity index (χ1) is 11.4. The topological polar surface area (TPSA) is 12.9 Å². The highest BCUT2D eigenvalue weighted by atomic mass is 33.1. The predicted molar refractivity (Wildman–Crippen MR) is 126 cm³/mol. The van der Waals surface area contributed by atoms with Crippen LogP contribution in [0.3, 0.4) is 0 Å². The summed E-state index contributed by atoms with van der Waals surface area (Å²) in [7, 11) is -0.924. The van der Waals surface area contributed by atoms with E-state index in [1.165, 1.54) is 17.7 Å². The molecule has 0 aliphatic carbocycles. The van der Waals surface area contributed by atoms with Gasteiger partial charge in [-0.1, -0.05) is 74.8 Å². The van der Waals surface area contributed by atoms with Crippen molar-refractivity contribution in [2.45, 2.75) is 97.2 Å². The Morgan fingerprint density at radius 3 is 1.81 bits per heavy atom. The molecule has 1 heterocycles. The predicted octanol–water partition coefficient (Wildman–Crippen LogP) is 7.54. The SMILES string of the molecule is CCC(C)(C)CC(C)(C)c1ccc(C(C)(C)CC(C)(C)S(C)(C)S)cn1. The Labute approximate surface area is 170 Å². The second kappa shape index (κ2) is 7.70. The number of nitrogens with zero attached hydrogens (tertiary/aromatic N) is 1. The monoisotopic (exact) mass is 397 g/mol. The Hall–Kier alpha value is -0.150. The molecule has 3 heteroatoms. The van der Waals surface area contributed by atoms with Crippen molar-refractivity contribution in [2.24, 2.45) is 5.41 Å². The summed E-state index contributed by atoms with van der Waals surface area (Å²) in [6, 6.07) is 4.56. The minimum Gasteiger partial charge on any atom is -0.260 e. The Bertz CT molecular complexity index is 590. The van der Waals surface area contributed by atoms with Crippen molar-refractivity contribution in [1.82, 2.24) is 4.98 Å².